The van der Waals surface area contributed by atoms with E-state index in [1.54, 1.807) is 16.4 Å². The number of thioether (sulfide) groups is 1. The highest BCUT2D eigenvalue weighted by molar-refractivity contribution is 7.98. The molecular weight excluding hydrogens is 384 g/mol. The van der Waals surface area contributed by atoms with E-state index >= 15 is 0 Å². The van der Waals surface area contributed by atoms with E-state index in [-0.39, 0.29) is 37.2 Å². The molecule has 1 aliphatic rings. The van der Waals surface area contributed by atoms with Crippen LogP contribution in [0.15, 0.2) is 0 Å². The molecule has 28 heavy (non-hydrogen) atoms. The highest BCUT2D eigenvalue weighted by Gasteiger charge is 2.22. The van der Waals surface area contributed by atoms with Gasteiger partial charge < -0.3 is 15.4 Å². The summed E-state index contributed by atoms with van der Waals surface area (Å²) in [6, 6.07) is 0. The minimum absolute atomic E-state index is 0.129. The number of nitrogens with zero attached hydrogens (tertiary/aromatic N) is 4. The molecular formula is C17H28N6O4S. The van der Waals surface area contributed by atoms with E-state index in [0.717, 1.165) is 18.6 Å². The number of carbonyl (C=O) groups excluding carboxylic acids is 3. The second kappa shape index (κ2) is 12.3. The summed E-state index contributed by atoms with van der Waals surface area (Å²) < 4.78 is 7.06. The lowest BCUT2D eigenvalue weighted by Gasteiger charge is -2.17. The Labute approximate surface area is 168 Å². The Morgan fingerprint density at radius 3 is 2.82 bits per heavy atom. The Balaban J connectivity index is 1.95. The molecule has 1 aliphatic heterocycles. The molecule has 0 bridgehead atoms. The number of hydrogen-bond acceptors (Lipinski definition) is 8. The van der Waals surface area contributed by atoms with E-state index in [1.165, 1.54) is 0 Å². The van der Waals surface area contributed by atoms with Gasteiger partial charge in [-0.1, -0.05) is 6.42 Å². The molecule has 2 heterocycles. The number of hydrogen-bond donors (Lipinski definition) is 2. The summed E-state index contributed by atoms with van der Waals surface area (Å²) in [5, 5.41) is 17.1. The molecule has 0 radical (unpaired) electrons. The van der Waals surface area contributed by atoms with Gasteiger partial charge in [-0.3, -0.25) is 14.4 Å². The molecule has 2 N–H and O–H groups in total. The standard InChI is InChI=1S/C17H28N6O4S/c1-28-11-8-13-17(26)18-9-5-6-15(24)19-12-14-20-21-22-23(14)10-4-2-3-7-16(25)27-13/h13H,2-12H2,1H3,(H,18,26)(H,19,24). The zero-order chi connectivity index (χ0) is 20.2. The zero-order valence-corrected chi connectivity index (χ0v) is 17.0. The Hall–Kier alpha value is -2.17. The minimum atomic E-state index is -0.781. The van der Waals surface area contributed by atoms with Crippen LogP contribution in [0.5, 0.6) is 0 Å². The van der Waals surface area contributed by atoms with Crippen molar-refractivity contribution in [3.8, 4) is 0 Å². The van der Waals surface area contributed by atoms with Crippen LogP contribution in [0.4, 0.5) is 0 Å². The van der Waals surface area contributed by atoms with Crippen LogP contribution < -0.4 is 10.6 Å². The van der Waals surface area contributed by atoms with Crippen molar-refractivity contribution >= 4 is 29.5 Å². The van der Waals surface area contributed by atoms with E-state index in [1.807, 2.05) is 6.26 Å². The molecule has 1 aromatic heterocycles. The highest BCUT2D eigenvalue weighted by Crippen LogP contribution is 2.10. The molecule has 10 nitrogen and oxygen atoms in total. The van der Waals surface area contributed by atoms with Crippen molar-refractivity contribution in [1.82, 2.24) is 30.8 Å². The first-order chi connectivity index (χ1) is 13.6. The molecule has 1 unspecified atom stereocenters. The minimum Gasteiger partial charge on any atom is -0.452 e. The summed E-state index contributed by atoms with van der Waals surface area (Å²) in [7, 11) is 0. The third-order valence-corrected chi connectivity index (χ3v) is 4.97. The van der Waals surface area contributed by atoms with Gasteiger partial charge in [0, 0.05) is 32.4 Å². The van der Waals surface area contributed by atoms with E-state index in [2.05, 4.69) is 26.2 Å². The van der Waals surface area contributed by atoms with Crippen molar-refractivity contribution in [2.45, 2.75) is 64.1 Å². The molecule has 156 valence electrons. The fraction of sp³-hybridized carbons (Fsp3) is 0.765. The number of cyclic esters (lactones) is 1. The van der Waals surface area contributed by atoms with Gasteiger partial charge in [0.25, 0.3) is 5.91 Å². The molecule has 2 rings (SSSR count). The molecule has 11 heteroatoms. The first kappa shape index (κ1) is 22.1. The molecule has 0 aromatic carbocycles. The van der Waals surface area contributed by atoms with Gasteiger partial charge in [-0.15, -0.1) is 5.10 Å². The number of amides is 2. The summed E-state index contributed by atoms with van der Waals surface area (Å²) >= 11 is 1.60. The number of rotatable bonds is 3. The van der Waals surface area contributed by atoms with E-state index < -0.39 is 6.10 Å². The van der Waals surface area contributed by atoms with Crippen molar-refractivity contribution in [3.63, 3.8) is 0 Å². The van der Waals surface area contributed by atoms with Crippen molar-refractivity contribution in [2.24, 2.45) is 0 Å². The summed E-state index contributed by atoms with van der Waals surface area (Å²) in [6.45, 7) is 1.23. The highest BCUT2D eigenvalue weighted by atomic mass is 32.2. The molecule has 0 aliphatic carbocycles. The number of aryl methyl sites for hydroxylation is 1. The summed E-state index contributed by atoms with van der Waals surface area (Å²) in [4.78, 5) is 36.4. The smallest absolute Gasteiger partial charge is 0.306 e. The monoisotopic (exact) mass is 412 g/mol. The number of fused-ring (bicyclic) bond motifs is 1. The molecule has 1 aromatic rings. The second-order valence-electron chi connectivity index (χ2n) is 6.56. The van der Waals surface area contributed by atoms with Crippen LogP contribution in [-0.4, -0.2) is 62.6 Å². The van der Waals surface area contributed by atoms with E-state index in [9.17, 15) is 14.4 Å². The average molecular weight is 413 g/mol. The number of aromatic nitrogens is 4. The Morgan fingerprint density at radius 1 is 1.14 bits per heavy atom. The number of ether oxygens (including phenoxy) is 1. The van der Waals surface area contributed by atoms with Crippen molar-refractivity contribution in [1.29, 1.82) is 0 Å². The Morgan fingerprint density at radius 2 is 2.00 bits per heavy atom. The largest absolute Gasteiger partial charge is 0.452 e. The van der Waals surface area contributed by atoms with Crippen LogP contribution in [0.25, 0.3) is 0 Å². The SMILES string of the molecule is CSCCC1OC(=O)CCCCCn2nnnc2CNC(=O)CCCNC1=O. The van der Waals surface area contributed by atoms with Gasteiger partial charge in [-0.05, 0) is 41.7 Å². The van der Waals surface area contributed by atoms with Crippen molar-refractivity contribution in [3.05, 3.63) is 5.82 Å². The lowest BCUT2D eigenvalue weighted by Crippen LogP contribution is -2.39. The molecule has 0 spiro atoms. The van der Waals surface area contributed by atoms with E-state index in [4.69, 9.17) is 4.74 Å². The Kier molecular flexibility index (Phi) is 9.73. The van der Waals surface area contributed by atoms with Crippen LogP contribution >= 0.6 is 11.8 Å². The van der Waals surface area contributed by atoms with E-state index in [0.29, 0.717) is 38.2 Å². The first-order valence-corrected chi connectivity index (χ1v) is 11.0. The molecule has 2 amide bonds. The molecule has 0 saturated carbocycles. The maximum atomic E-state index is 12.3. The third kappa shape index (κ3) is 7.83. The topological polar surface area (TPSA) is 128 Å². The quantitative estimate of drug-likeness (QED) is 0.684. The van der Waals surface area contributed by atoms with Crippen LogP contribution in [0.2, 0.25) is 0 Å². The van der Waals surface area contributed by atoms with Gasteiger partial charge in [0.05, 0.1) is 6.54 Å². The van der Waals surface area contributed by atoms with Crippen LogP contribution in [0, 0.1) is 0 Å². The van der Waals surface area contributed by atoms with Gasteiger partial charge >= 0.3 is 5.97 Å². The maximum Gasteiger partial charge on any atom is 0.306 e. The number of carbonyl (C=O) groups is 3. The summed E-state index contributed by atoms with van der Waals surface area (Å²) in [5.74, 6) is 0.532. The number of esters is 1. The molecule has 0 fully saturated rings. The van der Waals surface area contributed by atoms with Crippen LogP contribution in [-0.2, 0) is 32.2 Å². The van der Waals surface area contributed by atoms with Gasteiger partial charge in [-0.2, -0.15) is 11.8 Å². The Bertz CT molecular complexity index is 653. The predicted octanol–water partition coefficient (Wildman–Crippen LogP) is 0.425. The summed E-state index contributed by atoms with van der Waals surface area (Å²) in [6.07, 6.45) is 4.96. The van der Waals surface area contributed by atoms with Gasteiger partial charge in [0.2, 0.25) is 5.91 Å². The van der Waals surface area contributed by atoms with Crippen molar-refractivity contribution < 1.29 is 19.1 Å². The fourth-order valence-corrected chi connectivity index (χ4v) is 3.21. The number of tetrazole rings is 1. The summed E-state index contributed by atoms with van der Waals surface area (Å²) in [5.41, 5.74) is 0. The predicted molar refractivity (Wildman–Crippen MR) is 103 cm³/mol. The molecule has 0 saturated heterocycles. The third-order valence-electron chi connectivity index (χ3n) is 4.33. The zero-order valence-electron chi connectivity index (χ0n) is 16.2. The molecule has 1 atom stereocenters. The van der Waals surface area contributed by atoms with Crippen molar-refractivity contribution in [2.75, 3.05) is 18.6 Å². The normalized spacial score (nSPS) is 20.9. The average Bonchev–Trinajstić information content (AvgIpc) is 3.13. The fourth-order valence-electron chi connectivity index (χ4n) is 2.76. The first-order valence-electron chi connectivity index (χ1n) is 9.58. The van der Waals surface area contributed by atoms with Crippen LogP contribution in [0.3, 0.4) is 0 Å². The lowest BCUT2D eigenvalue weighted by atomic mass is 10.2. The van der Waals surface area contributed by atoms with Gasteiger partial charge in [0.15, 0.2) is 11.9 Å². The number of nitrogens with one attached hydrogen (secondary N) is 2. The second-order valence-corrected chi connectivity index (χ2v) is 7.55. The maximum absolute atomic E-state index is 12.3. The van der Waals surface area contributed by atoms with Crippen LogP contribution in [0.1, 0.15) is 50.8 Å². The van der Waals surface area contributed by atoms with Gasteiger partial charge in [-0.25, -0.2) is 4.68 Å². The lowest BCUT2D eigenvalue weighted by molar-refractivity contribution is -0.156. The van der Waals surface area contributed by atoms with Gasteiger partial charge in [0.1, 0.15) is 0 Å².